The number of carbonyl (C=O) groups excluding carboxylic acids is 2. The van der Waals surface area contributed by atoms with Crippen LogP contribution in [0.15, 0.2) is 18.2 Å². The Morgan fingerprint density at radius 2 is 1.95 bits per heavy atom. The van der Waals surface area contributed by atoms with Gasteiger partial charge in [-0.3, -0.25) is 14.9 Å². The number of hydrogen-bond donors (Lipinski definition) is 2. The number of halogens is 1. The maximum absolute atomic E-state index is 11.5. The second-order valence-corrected chi connectivity index (χ2v) is 5.63. The fourth-order valence-corrected chi connectivity index (χ4v) is 2.60. The van der Waals surface area contributed by atoms with E-state index in [9.17, 15) is 9.59 Å². The second-order valence-electron chi connectivity index (χ2n) is 5.22. The average Bonchev–Trinajstić information content (AvgIpc) is 3.20. The van der Waals surface area contributed by atoms with Crippen molar-refractivity contribution in [3.8, 4) is 0 Å². The van der Waals surface area contributed by atoms with E-state index in [0.717, 1.165) is 11.3 Å². The van der Waals surface area contributed by atoms with Gasteiger partial charge in [-0.15, -0.1) is 0 Å². The molecular formula is C14H16ClN3O2. The van der Waals surface area contributed by atoms with Crippen LogP contribution in [-0.2, 0) is 16.1 Å². The van der Waals surface area contributed by atoms with Gasteiger partial charge in [-0.25, -0.2) is 0 Å². The first-order chi connectivity index (χ1) is 9.63. The van der Waals surface area contributed by atoms with Crippen LogP contribution in [0.3, 0.4) is 0 Å². The minimum atomic E-state index is -0.276. The van der Waals surface area contributed by atoms with Crippen LogP contribution < -0.4 is 15.5 Å². The lowest BCUT2D eigenvalue weighted by Crippen LogP contribution is -2.51. The lowest BCUT2D eigenvalue weighted by atomic mass is 10.1. The number of carbonyl (C=O) groups is 2. The van der Waals surface area contributed by atoms with E-state index in [1.807, 2.05) is 18.2 Å². The van der Waals surface area contributed by atoms with Crippen molar-refractivity contribution in [2.24, 2.45) is 0 Å². The molecule has 3 rings (SSSR count). The van der Waals surface area contributed by atoms with Crippen LogP contribution in [0, 0.1) is 0 Å². The first kappa shape index (κ1) is 13.4. The molecule has 0 unspecified atom stereocenters. The maximum Gasteiger partial charge on any atom is 0.246 e. The molecule has 1 saturated heterocycles. The molecule has 106 valence electrons. The minimum Gasteiger partial charge on any atom is -0.353 e. The van der Waals surface area contributed by atoms with Crippen LogP contribution in [0.1, 0.15) is 18.4 Å². The van der Waals surface area contributed by atoms with E-state index in [-0.39, 0.29) is 24.9 Å². The normalized spacial score (nSPS) is 19.1. The molecule has 1 heterocycles. The number of anilines is 1. The van der Waals surface area contributed by atoms with E-state index in [4.69, 9.17) is 11.6 Å². The van der Waals surface area contributed by atoms with Gasteiger partial charge in [-0.2, -0.15) is 0 Å². The summed E-state index contributed by atoms with van der Waals surface area (Å²) in [7, 11) is 0. The predicted molar refractivity (Wildman–Crippen MR) is 76.7 cm³/mol. The Morgan fingerprint density at radius 3 is 2.60 bits per heavy atom. The highest BCUT2D eigenvalue weighted by Gasteiger charge is 2.26. The van der Waals surface area contributed by atoms with Gasteiger partial charge in [0.2, 0.25) is 11.8 Å². The predicted octanol–water partition coefficient (Wildman–Crippen LogP) is 1.05. The van der Waals surface area contributed by atoms with Gasteiger partial charge < -0.3 is 10.2 Å². The average molecular weight is 294 g/mol. The van der Waals surface area contributed by atoms with Crippen LogP contribution in [0.25, 0.3) is 0 Å². The van der Waals surface area contributed by atoms with Gasteiger partial charge in [0.1, 0.15) is 0 Å². The number of rotatable bonds is 4. The highest BCUT2D eigenvalue weighted by Crippen LogP contribution is 2.29. The summed E-state index contributed by atoms with van der Waals surface area (Å²) in [4.78, 5) is 24.8. The minimum absolute atomic E-state index is 0.183. The number of hydrogen-bond acceptors (Lipinski definition) is 4. The second kappa shape index (κ2) is 5.42. The molecule has 5 nitrogen and oxygen atoms in total. The zero-order valence-corrected chi connectivity index (χ0v) is 11.7. The molecule has 0 radical (unpaired) electrons. The molecule has 0 spiro atoms. The molecule has 2 N–H and O–H groups in total. The molecule has 1 aromatic rings. The van der Waals surface area contributed by atoms with Crippen molar-refractivity contribution in [2.45, 2.75) is 25.4 Å². The zero-order chi connectivity index (χ0) is 14.1. The molecule has 2 fully saturated rings. The molecule has 0 aromatic heterocycles. The number of benzene rings is 1. The maximum atomic E-state index is 11.5. The van der Waals surface area contributed by atoms with Gasteiger partial charge in [-0.05, 0) is 25.0 Å². The van der Waals surface area contributed by atoms with Crippen molar-refractivity contribution in [1.82, 2.24) is 10.6 Å². The summed E-state index contributed by atoms with van der Waals surface area (Å²) >= 11 is 6.27. The van der Waals surface area contributed by atoms with Crippen LogP contribution in [0.5, 0.6) is 0 Å². The molecule has 1 aliphatic carbocycles. The quantitative estimate of drug-likeness (QED) is 0.815. The van der Waals surface area contributed by atoms with E-state index in [1.54, 1.807) is 4.90 Å². The first-order valence-corrected chi connectivity index (χ1v) is 7.09. The standard InChI is InChI=1S/C14H16ClN3O2/c15-11-2-1-3-12(10(11)6-16-9-4-5-9)18-7-13(19)17-14(20)8-18/h1-3,9,16H,4-8H2,(H,17,19,20). The van der Waals surface area contributed by atoms with Gasteiger partial charge in [0, 0.05) is 28.9 Å². The fourth-order valence-electron chi connectivity index (χ4n) is 2.36. The third-order valence-corrected chi connectivity index (χ3v) is 3.88. The Morgan fingerprint density at radius 1 is 1.25 bits per heavy atom. The molecule has 0 bridgehead atoms. The summed E-state index contributed by atoms with van der Waals surface area (Å²) < 4.78 is 0. The summed E-state index contributed by atoms with van der Waals surface area (Å²) in [6.45, 7) is 1.02. The molecule has 1 aliphatic heterocycles. The topological polar surface area (TPSA) is 61.4 Å². The first-order valence-electron chi connectivity index (χ1n) is 6.72. The fraction of sp³-hybridized carbons (Fsp3) is 0.429. The molecule has 6 heteroatoms. The van der Waals surface area contributed by atoms with Crippen molar-refractivity contribution in [3.05, 3.63) is 28.8 Å². The van der Waals surface area contributed by atoms with Crippen molar-refractivity contribution in [3.63, 3.8) is 0 Å². The van der Waals surface area contributed by atoms with Crippen LogP contribution in [0.4, 0.5) is 5.69 Å². The van der Waals surface area contributed by atoms with Gasteiger partial charge in [0.15, 0.2) is 0 Å². The smallest absolute Gasteiger partial charge is 0.246 e. The van der Waals surface area contributed by atoms with Crippen molar-refractivity contribution in [2.75, 3.05) is 18.0 Å². The van der Waals surface area contributed by atoms with Crippen LogP contribution >= 0.6 is 11.6 Å². The van der Waals surface area contributed by atoms with Gasteiger partial charge in [0.25, 0.3) is 0 Å². The highest BCUT2D eigenvalue weighted by molar-refractivity contribution is 6.31. The zero-order valence-electron chi connectivity index (χ0n) is 11.0. The summed E-state index contributed by atoms with van der Waals surface area (Å²) in [6.07, 6.45) is 2.40. The van der Waals surface area contributed by atoms with Gasteiger partial charge in [-0.1, -0.05) is 17.7 Å². The Bertz CT molecular complexity index is 541. The lowest BCUT2D eigenvalue weighted by molar-refractivity contribution is -0.130. The number of nitrogens with zero attached hydrogens (tertiary/aromatic N) is 1. The van der Waals surface area contributed by atoms with Gasteiger partial charge >= 0.3 is 0 Å². The summed E-state index contributed by atoms with van der Waals surface area (Å²) in [5, 5.41) is 6.39. The molecule has 0 atom stereocenters. The summed E-state index contributed by atoms with van der Waals surface area (Å²) in [5.74, 6) is -0.551. The van der Waals surface area contributed by atoms with Crippen molar-refractivity contribution < 1.29 is 9.59 Å². The Kier molecular flexibility index (Phi) is 3.63. The molecule has 1 aromatic carbocycles. The van der Waals surface area contributed by atoms with E-state index in [2.05, 4.69) is 10.6 Å². The summed E-state index contributed by atoms with van der Waals surface area (Å²) in [5.41, 5.74) is 1.80. The molecule has 2 amide bonds. The molecule has 1 saturated carbocycles. The van der Waals surface area contributed by atoms with E-state index in [0.29, 0.717) is 17.6 Å². The highest BCUT2D eigenvalue weighted by atomic mass is 35.5. The number of piperazine rings is 1. The molecule has 20 heavy (non-hydrogen) atoms. The number of nitrogens with one attached hydrogen (secondary N) is 2. The molecule has 2 aliphatic rings. The largest absolute Gasteiger partial charge is 0.353 e. The number of imide groups is 1. The van der Waals surface area contributed by atoms with Crippen molar-refractivity contribution >= 4 is 29.1 Å². The Hall–Kier alpha value is -1.59. The van der Waals surface area contributed by atoms with Crippen LogP contribution in [0.2, 0.25) is 5.02 Å². The van der Waals surface area contributed by atoms with Crippen LogP contribution in [-0.4, -0.2) is 30.9 Å². The summed E-state index contributed by atoms with van der Waals surface area (Å²) in [6, 6.07) is 6.16. The van der Waals surface area contributed by atoms with E-state index in [1.165, 1.54) is 12.8 Å². The third kappa shape index (κ3) is 2.94. The third-order valence-electron chi connectivity index (χ3n) is 3.53. The Labute approximate surface area is 122 Å². The Balaban J connectivity index is 1.84. The van der Waals surface area contributed by atoms with Gasteiger partial charge in [0.05, 0.1) is 13.1 Å². The molecular weight excluding hydrogens is 278 g/mol. The monoisotopic (exact) mass is 293 g/mol. The SMILES string of the molecule is O=C1CN(c2cccc(Cl)c2CNC2CC2)CC(=O)N1. The van der Waals surface area contributed by atoms with E-state index >= 15 is 0 Å². The van der Waals surface area contributed by atoms with E-state index < -0.39 is 0 Å². The lowest BCUT2D eigenvalue weighted by Gasteiger charge is -2.29. The van der Waals surface area contributed by atoms with Crippen molar-refractivity contribution in [1.29, 1.82) is 0 Å². The number of amides is 2.